The van der Waals surface area contributed by atoms with Crippen molar-refractivity contribution in [3.8, 4) is 0 Å². The normalized spacial score (nSPS) is 10.9. The van der Waals surface area contributed by atoms with Crippen LogP contribution in [0.3, 0.4) is 0 Å². The van der Waals surface area contributed by atoms with Crippen LogP contribution >= 0.6 is 11.6 Å². The maximum absolute atomic E-state index is 13.6. The minimum absolute atomic E-state index is 0.239. The predicted molar refractivity (Wildman–Crippen MR) is 77.4 cm³/mol. The number of hydrogen-bond acceptors (Lipinski definition) is 2. The summed E-state index contributed by atoms with van der Waals surface area (Å²) in [5.74, 6) is -0.239. The summed E-state index contributed by atoms with van der Waals surface area (Å²) in [6, 6.07) is 12.3. The van der Waals surface area contributed by atoms with Crippen LogP contribution in [0.5, 0.6) is 0 Å². The van der Waals surface area contributed by atoms with Gasteiger partial charge >= 0.3 is 0 Å². The van der Waals surface area contributed by atoms with E-state index in [0.29, 0.717) is 23.7 Å². The molecule has 0 bridgehead atoms. The average Bonchev–Trinajstić information content (AvgIpc) is 2.37. The molecule has 0 aromatic heterocycles. The van der Waals surface area contributed by atoms with Gasteiger partial charge in [-0.05, 0) is 36.9 Å². The van der Waals surface area contributed by atoms with E-state index in [9.17, 15) is 4.39 Å². The quantitative estimate of drug-likeness (QED) is 0.864. The molecule has 0 atom stereocenters. The number of nitrogen functional groups attached to an aromatic ring is 1. The van der Waals surface area contributed by atoms with Gasteiger partial charge in [0.1, 0.15) is 5.82 Å². The molecular weight excluding hydrogens is 263 g/mol. The lowest BCUT2D eigenvalue weighted by Crippen LogP contribution is -2.18. The second kappa shape index (κ2) is 6.04. The van der Waals surface area contributed by atoms with Gasteiger partial charge in [-0.1, -0.05) is 29.8 Å². The maximum atomic E-state index is 13.6. The van der Waals surface area contributed by atoms with Gasteiger partial charge in [0, 0.05) is 29.4 Å². The molecule has 2 aromatic carbocycles. The Morgan fingerprint density at radius 1 is 1.11 bits per heavy atom. The number of anilines is 1. The fourth-order valence-electron chi connectivity index (χ4n) is 1.98. The van der Waals surface area contributed by atoms with E-state index >= 15 is 0 Å². The van der Waals surface area contributed by atoms with Gasteiger partial charge in [0.2, 0.25) is 0 Å². The maximum Gasteiger partial charge on any atom is 0.127 e. The summed E-state index contributed by atoms with van der Waals surface area (Å²) in [6.07, 6.45) is 0. The van der Waals surface area contributed by atoms with E-state index in [1.807, 2.05) is 36.2 Å². The Morgan fingerprint density at radius 3 is 2.53 bits per heavy atom. The second-order valence-electron chi connectivity index (χ2n) is 4.61. The van der Waals surface area contributed by atoms with Crippen molar-refractivity contribution in [3.63, 3.8) is 0 Å². The lowest BCUT2D eigenvalue weighted by atomic mass is 10.1. The molecule has 100 valence electrons. The highest BCUT2D eigenvalue weighted by atomic mass is 35.5. The molecule has 0 spiro atoms. The minimum atomic E-state index is -0.239. The van der Waals surface area contributed by atoms with E-state index in [1.54, 1.807) is 12.1 Å². The van der Waals surface area contributed by atoms with Crippen molar-refractivity contribution in [1.82, 2.24) is 4.90 Å². The molecule has 0 unspecified atom stereocenters. The Balaban J connectivity index is 2.07. The minimum Gasteiger partial charge on any atom is -0.398 e. The molecule has 0 aliphatic heterocycles. The van der Waals surface area contributed by atoms with Crippen molar-refractivity contribution in [3.05, 3.63) is 64.4 Å². The first kappa shape index (κ1) is 13.8. The molecule has 0 fully saturated rings. The fourth-order valence-corrected chi connectivity index (χ4v) is 2.17. The summed E-state index contributed by atoms with van der Waals surface area (Å²) < 4.78 is 13.6. The molecule has 0 saturated carbocycles. The van der Waals surface area contributed by atoms with Crippen LogP contribution in [0, 0.1) is 5.82 Å². The van der Waals surface area contributed by atoms with Crippen LogP contribution in [0.1, 0.15) is 11.1 Å². The molecule has 0 aliphatic rings. The topological polar surface area (TPSA) is 29.3 Å². The van der Waals surface area contributed by atoms with Gasteiger partial charge in [-0.3, -0.25) is 4.90 Å². The third-order valence-corrected chi connectivity index (χ3v) is 3.18. The zero-order chi connectivity index (χ0) is 13.8. The van der Waals surface area contributed by atoms with Crippen LogP contribution in [-0.2, 0) is 13.1 Å². The van der Waals surface area contributed by atoms with Gasteiger partial charge in [-0.25, -0.2) is 4.39 Å². The summed E-state index contributed by atoms with van der Waals surface area (Å²) in [5.41, 5.74) is 8.27. The lowest BCUT2D eigenvalue weighted by Gasteiger charge is -2.18. The zero-order valence-corrected chi connectivity index (χ0v) is 11.5. The number of nitrogens with zero attached hydrogens (tertiary/aromatic N) is 1. The molecule has 0 amide bonds. The Morgan fingerprint density at radius 2 is 1.79 bits per heavy atom. The summed E-state index contributed by atoms with van der Waals surface area (Å²) in [4.78, 5) is 2.00. The average molecular weight is 279 g/mol. The van der Waals surface area contributed by atoms with Crippen molar-refractivity contribution >= 4 is 17.3 Å². The standard InChI is InChI=1S/C15H16ClFN2/c1-19(9-11-4-2-3-5-15(11)18)10-12-8-13(16)6-7-14(12)17/h2-8H,9-10,18H2,1H3. The van der Waals surface area contributed by atoms with E-state index in [1.165, 1.54) is 6.07 Å². The highest BCUT2D eigenvalue weighted by Gasteiger charge is 2.08. The van der Waals surface area contributed by atoms with Crippen LogP contribution in [0.2, 0.25) is 5.02 Å². The Hall–Kier alpha value is -1.58. The third-order valence-electron chi connectivity index (χ3n) is 2.94. The summed E-state index contributed by atoms with van der Waals surface area (Å²) in [6.45, 7) is 1.15. The number of hydrogen-bond donors (Lipinski definition) is 1. The van der Waals surface area contributed by atoms with Crippen LogP contribution in [0.15, 0.2) is 42.5 Å². The van der Waals surface area contributed by atoms with Crippen LogP contribution < -0.4 is 5.73 Å². The van der Waals surface area contributed by atoms with Gasteiger partial charge in [0.05, 0.1) is 0 Å². The van der Waals surface area contributed by atoms with E-state index in [-0.39, 0.29) is 5.82 Å². The van der Waals surface area contributed by atoms with Gasteiger partial charge in [0.25, 0.3) is 0 Å². The van der Waals surface area contributed by atoms with Gasteiger partial charge in [-0.2, -0.15) is 0 Å². The largest absolute Gasteiger partial charge is 0.398 e. The smallest absolute Gasteiger partial charge is 0.127 e. The summed E-state index contributed by atoms with van der Waals surface area (Å²) >= 11 is 5.88. The molecule has 4 heteroatoms. The fraction of sp³-hybridized carbons (Fsp3) is 0.200. The Labute approximate surface area is 117 Å². The van der Waals surface area contributed by atoms with Crippen molar-refractivity contribution < 1.29 is 4.39 Å². The predicted octanol–water partition coefficient (Wildman–Crippen LogP) is 3.69. The number of rotatable bonds is 4. The van der Waals surface area contributed by atoms with Crippen molar-refractivity contribution in [2.24, 2.45) is 0 Å². The Kier molecular flexibility index (Phi) is 4.40. The summed E-state index contributed by atoms with van der Waals surface area (Å²) in [7, 11) is 1.92. The van der Waals surface area contributed by atoms with Crippen molar-refractivity contribution in [2.75, 3.05) is 12.8 Å². The monoisotopic (exact) mass is 278 g/mol. The van der Waals surface area contributed by atoms with Gasteiger partial charge < -0.3 is 5.73 Å². The molecule has 2 nitrogen and oxygen atoms in total. The number of benzene rings is 2. The first-order valence-corrected chi connectivity index (χ1v) is 6.40. The first-order valence-electron chi connectivity index (χ1n) is 6.02. The SMILES string of the molecule is CN(Cc1ccccc1N)Cc1cc(Cl)ccc1F. The van der Waals surface area contributed by atoms with Crippen LogP contribution in [0.25, 0.3) is 0 Å². The summed E-state index contributed by atoms with van der Waals surface area (Å²) in [5, 5.41) is 0.545. The van der Waals surface area contributed by atoms with Crippen LogP contribution in [-0.4, -0.2) is 11.9 Å². The third kappa shape index (κ3) is 3.69. The van der Waals surface area contributed by atoms with E-state index in [4.69, 9.17) is 17.3 Å². The number of nitrogens with two attached hydrogens (primary N) is 1. The van der Waals surface area contributed by atoms with E-state index in [0.717, 1.165) is 11.3 Å². The van der Waals surface area contributed by atoms with Crippen molar-refractivity contribution in [2.45, 2.75) is 13.1 Å². The number of para-hydroxylation sites is 1. The molecule has 0 radical (unpaired) electrons. The van der Waals surface area contributed by atoms with Gasteiger partial charge in [0.15, 0.2) is 0 Å². The van der Waals surface area contributed by atoms with Crippen LogP contribution in [0.4, 0.5) is 10.1 Å². The van der Waals surface area contributed by atoms with E-state index < -0.39 is 0 Å². The molecular formula is C15H16ClFN2. The molecule has 2 aromatic rings. The highest BCUT2D eigenvalue weighted by Crippen LogP contribution is 2.18. The molecule has 0 saturated heterocycles. The molecule has 2 rings (SSSR count). The molecule has 2 N–H and O–H groups in total. The zero-order valence-electron chi connectivity index (χ0n) is 10.7. The molecule has 0 aliphatic carbocycles. The highest BCUT2D eigenvalue weighted by molar-refractivity contribution is 6.30. The second-order valence-corrected chi connectivity index (χ2v) is 5.04. The first-order chi connectivity index (χ1) is 9.06. The van der Waals surface area contributed by atoms with E-state index in [2.05, 4.69) is 0 Å². The molecule has 19 heavy (non-hydrogen) atoms. The lowest BCUT2D eigenvalue weighted by molar-refractivity contribution is 0.314. The molecule has 0 heterocycles. The number of halogens is 2. The van der Waals surface area contributed by atoms with Gasteiger partial charge in [-0.15, -0.1) is 0 Å². The Bertz CT molecular complexity index is 572. The van der Waals surface area contributed by atoms with Crippen molar-refractivity contribution in [1.29, 1.82) is 0 Å².